The lowest BCUT2D eigenvalue weighted by Crippen LogP contribution is -2.71. The molecule has 3 atom stereocenters. The predicted molar refractivity (Wildman–Crippen MR) is 164 cm³/mol. The van der Waals surface area contributed by atoms with Crippen LogP contribution in [-0.2, 0) is 27.3 Å². The number of nitrogens with one attached hydrogen (secondary N) is 2. The van der Waals surface area contributed by atoms with Gasteiger partial charge in [0.05, 0.1) is 12.1 Å². The molecule has 2 fully saturated rings. The van der Waals surface area contributed by atoms with Crippen LogP contribution < -0.4 is 10.6 Å². The minimum Gasteiger partial charge on any atom is -0.508 e. The zero-order valence-corrected chi connectivity index (χ0v) is 25.1. The molecule has 2 heterocycles. The van der Waals surface area contributed by atoms with E-state index in [1.807, 2.05) is 44.2 Å². The van der Waals surface area contributed by atoms with Crippen molar-refractivity contribution in [3.8, 4) is 5.75 Å². The largest absolute Gasteiger partial charge is 0.508 e. The minimum absolute atomic E-state index is 0.0226. The van der Waals surface area contributed by atoms with Crippen LogP contribution in [0.3, 0.4) is 0 Å². The Morgan fingerprint density at radius 3 is 2.20 bits per heavy atom. The van der Waals surface area contributed by atoms with Gasteiger partial charge in [-0.25, -0.2) is 4.79 Å². The van der Waals surface area contributed by atoms with Gasteiger partial charge in [0.2, 0.25) is 11.8 Å². The van der Waals surface area contributed by atoms with Crippen molar-refractivity contribution in [3.05, 3.63) is 101 Å². The number of benzene rings is 3. The van der Waals surface area contributed by atoms with E-state index in [2.05, 4.69) is 10.6 Å². The van der Waals surface area contributed by atoms with Crippen LogP contribution in [0.25, 0.3) is 0 Å². The van der Waals surface area contributed by atoms with Gasteiger partial charge < -0.3 is 30.6 Å². The number of carboxylic acids is 1. The predicted octanol–water partition coefficient (Wildman–Crippen LogP) is 2.59. The molecule has 2 saturated heterocycles. The van der Waals surface area contributed by atoms with Gasteiger partial charge >= 0.3 is 5.97 Å². The fraction of sp³-hybridized carbons (Fsp3) is 0.324. The molecule has 2 aliphatic rings. The molecule has 0 saturated carbocycles. The van der Waals surface area contributed by atoms with Gasteiger partial charge in [-0.1, -0.05) is 56.3 Å². The Kier molecular flexibility index (Phi) is 8.89. The standard InChI is InChI=1S/C34H36N4O7/c1-21(2)18-35-29(40)28-17-34(20-38(28)31(42)24-12-14-26(39)15-13-24)33(45)37(19-23-6-4-3-5-7-23)27(30(41)36-34)16-22-8-10-25(11-9-22)32(43)44/h3-15,21,27-28,39H,16-20H2,1-2H3,(H,35,40)(H,36,41)(H,43,44). The highest BCUT2D eigenvalue weighted by Crippen LogP contribution is 2.35. The number of carbonyl (C=O) groups excluding carboxylic acids is 4. The van der Waals surface area contributed by atoms with Gasteiger partial charge in [-0.15, -0.1) is 0 Å². The number of nitrogens with zero attached hydrogens (tertiary/aromatic N) is 2. The van der Waals surface area contributed by atoms with E-state index in [0.717, 1.165) is 5.56 Å². The Morgan fingerprint density at radius 1 is 0.933 bits per heavy atom. The van der Waals surface area contributed by atoms with Gasteiger partial charge in [0.15, 0.2) is 0 Å². The van der Waals surface area contributed by atoms with Crippen LogP contribution in [0.4, 0.5) is 0 Å². The van der Waals surface area contributed by atoms with Crippen molar-refractivity contribution < 1.29 is 34.2 Å². The zero-order chi connectivity index (χ0) is 32.3. The number of phenols is 1. The Morgan fingerprint density at radius 2 is 1.58 bits per heavy atom. The number of rotatable bonds is 9. The summed E-state index contributed by atoms with van der Waals surface area (Å²) >= 11 is 0. The number of likely N-dealkylation sites (tertiary alicyclic amines) is 1. The normalized spacial score (nSPS) is 21.2. The van der Waals surface area contributed by atoms with Gasteiger partial charge in [0.25, 0.3) is 11.8 Å². The summed E-state index contributed by atoms with van der Waals surface area (Å²) in [6, 6.07) is 19.0. The van der Waals surface area contributed by atoms with E-state index in [1.54, 1.807) is 12.1 Å². The van der Waals surface area contributed by atoms with Crippen LogP contribution in [0.1, 0.15) is 52.1 Å². The molecule has 1 spiro atoms. The molecular formula is C34H36N4O7. The topological polar surface area (TPSA) is 156 Å². The zero-order valence-electron chi connectivity index (χ0n) is 25.1. The first-order valence-electron chi connectivity index (χ1n) is 14.8. The number of piperazine rings is 1. The number of amides is 4. The second-order valence-corrected chi connectivity index (χ2v) is 12.1. The van der Waals surface area contributed by atoms with Crippen molar-refractivity contribution in [2.24, 2.45) is 5.92 Å². The highest BCUT2D eigenvalue weighted by molar-refractivity contribution is 6.04. The van der Waals surface area contributed by atoms with E-state index < -0.39 is 47.2 Å². The van der Waals surface area contributed by atoms with Gasteiger partial charge in [0.1, 0.15) is 23.4 Å². The van der Waals surface area contributed by atoms with E-state index in [9.17, 15) is 34.2 Å². The Labute approximate surface area is 260 Å². The molecule has 234 valence electrons. The first kappa shape index (κ1) is 31.2. The summed E-state index contributed by atoms with van der Waals surface area (Å²) in [6.07, 6.45) is 0.0193. The lowest BCUT2D eigenvalue weighted by molar-refractivity contribution is -0.155. The number of aromatic hydroxyl groups is 1. The molecule has 3 aromatic rings. The van der Waals surface area contributed by atoms with E-state index >= 15 is 0 Å². The van der Waals surface area contributed by atoms with E-state index in [1.165, 1.54) is 46.2 Å². The van der Waals surface area contributed by atoms with Gasteiger partial charge in [-0.05, 0) is 53.4 Å². The van der Waals surface area contributed by atoms with Crippen LogP contribution >= 0.6 is 0 Å². The van der Waals surface area contributed by atoms with Crippen LogP contribution in [0.15, 0.2) is 78.9 Å². The third-order valence-corrected chi connectivity index (χ3v) is 8.26. The van der Waals surface area contributed by atoms with Gasteiger partial charge in [-0.2, -0.15) is 0 Å². The molecule has 4 amide bonds. The van der Waals surface area contributed by atoms with Crippen molar-refractivity contribution in [1.29, 1.82) is 0 Å². The molecule has 3 unspecified atom stereocenters. The highest BCUT2D eigenvalue weighted by atomic mass is 16.4. The first-order chi connectivity index (χ1) is 21.5. The van der Waals surface area contributed by atoms with E-state index in [0.29, 0.717) is 12.1 Å². The summed E-state index contributed by atoms with van der Waals surface area (Å²) in [5, 5.41) is 24.8. The second kappa shape index (κ2) is 12.8. The Hall–Kier alpha value is -5.19. The average Bonchev–Trinajstić information content (AvgIpc) is 3.41. The number of carboxylic acid groups (broad SMARTS) is 1. The van der Waals surface area contributed by atoms with Crippen molar-refractivity contribution in [1.82, 2.24) is 20.4 Å². The maximum atomic E-state index is 14.6. The smallest absolute Gasteiger partial charge is 0.335 e. The molecule has 45 heavy (non-hydrogen) atoms. The van der Waals surface area contributed by atoms with Crippen molar-refractivity contribution in [3.63, 3.8) is 0 Å². The van der Waals surface area contributed by atoms with Crippen LogP contribution in [0.2, 0.25) is 0 Å². The number of hydrogen-bond donors (Lipinski definition) is 4. The number of carbonyl (C=O) groups is 5. The molecule has 4 N–H and O–H groups in total. The number of aromatic carboxylic acids is 1. The quantitative estimate of drug-likeness (QED) is 0.289. The molecule has 5 rings (SSSR count). The maximum Gasteiger partial charge on any atom is 0.335 e. The van der Waals surface area contributed by atoms with Gasteiger partial charge in [0, 0.05) is 31.5 Å². The second-order valence-electron chi connectivity index (χ2n) is 12.1. The summed E-state index contributed by atoms with van der Waals surface area (Å²) in [5.74, 6) is -2.73. The Bertz CT molecular complexity index is 1590. The van der Waals surface area contributed by atoms with Crippen LogP contribution in [0.5, 0.6) is 5.75 Å². The molecule has 0 aliphatic carbocycles. The van der Waals surface area contributed by atoms with Crippen LogP contribution in [-0.4, -0.2) is 80.3 Å². The molecule has 0 radical (unpaired) electrons. The SMILES string of the molecule is CC(C)CNC(=O)C1CC2(CN1C(=O)c1ccc(O)cc1)NC(=O)C(Cc1ccc(C(=O)O)cc1)N(Cc1ccccc1)C2=O. The summed E-state index contributed by atoms with van der Waals surface area (Å²) in [6.45, 7) is 4.15. The lowest BCUT2D eigenvalue weighted by Gasteiger charge is -2.44. The lowest BCUT2D eigenvalue weighted by atomic mass is 9.87. The fourth-order valence-corrected chi connectivity index (χ4v) is 5.89. The Balaban J connectivity index is 1.49. The third kappa shape index (κ3) is 6.67. The van der Waals surface area contributed by atoms with Crippen molar-refractivity contribution in [2.45, 2.75) is 50.9 Å². The summed E-state index contributed by atoms with van der Waals surface area (Å²) in [7, 11) is 0. The number of phenolic OH excluding ortho intramolecular Hbond substituents is 1. The fourth-order valence-electron chi connectivity index (χ4n) is 5.89. The van der Waals surface area contributed by atoms with E-state index in [4.69, 9.17) is 0 Å². The molecule has 3 aromatic carbocycles. The molecular weight excluding hydrogens is 576 g/mol. The summed E-state index contributed by atoms with van der Waals surface area (Å²) in [4.78, 5) is 69.9. The minimum atomic E-state index is -1.55. The third-order valence-electron chi connectivity index (χ3n) is 8.26. The summed E-state index contributed by atoms with van der Waals surface area (Å²) < 4.78 is 0. The average molecular weight is 613 g/mol. The summed E-state index contributed by atoms with van der Waals surface area (Å²) in [5.41, 5.74) is 0.243. The van der Waals surface area contributed by atoms with Crippen molar-refractivity contribution in [2.75, 3.05) is 13.1 Å². The molecule has 0 aromatic heterocycles. The maximum absolute atomic E-state index is 14.6. The molecule has 2 aliphatic heterocycles. The molecule has 11 nitrogen and oxygen atoms in total. The van der Waals surface area contributed by atoms with Crippen molar-refractivity contribution >= 4 is 29.6 Å². The monoisotopic (exact) mass is 612 g/mol. The number of hydrogen-bond acceptors (Lipinski definition) is 6. The molecule has 11 heteroatoms. The van der Waals surface area contributed by atoms with Gasteiger partial charge in [-0.3, -0.25) is 19.2 Å². The highest BCUT2D eigenvalue weighted by Gasteiger charge is 2.59. The van der Waals surface area contributed by atoms with Crippen LogP contribution in [0, 0.1) is 5.92 Å². The van der Waals surface area contributed by atoms with E-state index in [-0.39, 0.29) is 48.7 Å². The first-order valence-corrected chi connectivity index (χ1v) is 14.8. The molecule has 0 bridgehead atoms.